The third-order valence-electron chi connectivity index (χ3n) is 6.74. The Balaban J connectivity index is 1.91. The average molecular weight is 475 g/mol. The van der Waals surface area contributed by atoms with Crippen LogP contribution in [0.3, 0.4) is 0 Å². The molecule has 1 aliphatic rings. The number of benzene rings is 2. The molecule has 2 aromatic carbocycles. The maximum atomic E-state index is 13.4. The largest absolute Gasteiger partial charge is 0.507 e. The van der Waals surface area contributed by atoms with Crippen LogP contribution in [0.15, 0.2) is 54.2 Å². The van der Waals surface area contributed by atoms with Crippen molar-refractivity contribution in [1.29, 1.82) is 0 Å². The van der Waals surface area contributed by atoms with E-state index < -0.39 is 17.7 Å². The van der Waals surface area contributed by atoms with Crippen LogP contribution in [-0.4, -0.2) is 40.3 Å². The molecule has 1 aliphatic heterocycles. The first-order valence-corrected chi connectivity index (χ1v) is 12.2. The van der Waals surface area contributed by atoms with E-state index >= 15 is 0 Å². The number of ketones is 1. The average Bonchev–Trinajstić information content (AvgIpc) is 3.37. The normalized spacial score (nSPS) is 18.0. The van der Waals surface area contributed by atoms with Crippen molar-refractivity contribution in [2.45, 2.75) is 58.4 Å². The highest BCUT2D eigenvalue weighted by atomic mass is 16.5. The number of aliphatic hydroxyl groups excluding tert-OH is 1. The predicted molar refractivity (Wildman–Crippen MR) is 139 cm³/mol. The molecule has 4 rings (SSSR count). The van der Waals surface area contributed by atoms with Gasteiger partial charge in [-0.1, -0.05) is 58.7 Å². The van der Waals surface area contributed by atoms with Gasteiger partial charge in [0.05, 0.1) is 18.7 Å². The number of methoxy groups -OCH3 is 1. The van der Waals surface area contributed by atoms with Gasteiger partial charge in [0, 0.05) is 40.3 Å². The number of para-hydroxylation sites is 1. The van der Waals surface area contributed by atoms with Crippen molar-refractivity contribution >= 4 is 28.4 Å². The van der Waals surface area contributed by atoms with E-state index in [1.54, 1.807) is 24.1 Å². The zero-order chi connectivity index (χ0) is 25.3. The summed E-state index contributed by atoms with van der Waals surface area (Å²) < 4.78 is 5.54. The fourth-order valence-corrected chi connectivity index (χ4v) is 4.88. The van der Waals surface area contributed by atoms with Gasteiger partial charge in [0.15, 0.2) is 0 Å². The highest BCUT2D eigenvalue weighted by molar-refractivity contribution is 6.46. The van der Waals surface area contributed by atoms with Gasteiger partial charge in [-0.15, -0.1) is 0 Å². The Morgan fingerprint density at radius 3 is 2.54 bits per heavy atom. The monoisotopic (exact) mass is 474 g/mol. The van der Waals surface area contributed by atoms with Crippen molar-refractivity contribution in [3.63, 3.8) is 0 Å². The molecule has 1 unspecified atom stereocenters. The SMILES string of the molecule is CCCCCN1C(=O)C(=O)/C(=C(/O)c2ccc(OC)c(C(C)(C)C)c2)C1c1c[nH]c2ccccc12. The number of nitrogens with zero attached hydrogens (tertiary/aromatic N) is 1. The van der Waals surface area contributed by atoms with Crippen LogP contribution in [0.1, 0.15) is 69.7 Å². The van der Waals surface area contributed by atoms with Gasteiger partial charge < -0.3 is 19.7 Å². The minimum Gasteiger partial charge on any atom is -0.507 e. The summed E-state index contributed by atoms with van der Waals surface area (Å²) in [6, 6.07) is 12.5. The number of nitrogens with one attached hydrogen (secondary N) is 1. The molecule has 3 aromatic rings. The number of likely N-dealkylation sites (tertiary alicyclic amines) is 1. The van der Waals surface area contributed by atoms with E-state index in [1.165, 1.54) is 0 Å². The zero-order valence-electron chi connectivity index (χ0n) is 21.1. The van der Waals surface area contributed by atoms with Crippen molar-refractivity contribution in [1.82, 2.24) is 9.88 Å². The molecule has 35 heavy (non-hydrogen) atoms. The molecule has 0 bridgehead atoms. The molecule has 0 saturated carbocycles. The smallest absolute Gasteiger partial charge is 0.295 e. The van der Waals surface area contributed by atoms with Gasteiger partial charge in [-0.3, -0.25) is 9.59 Å². The number of aromatic nitrogens is 1. The van der Waals surface area contributed by atoms with Crippen LogP contribution < -0.4 is 4.74 Å². The van der Waals surface area contributed by atoms with Crippen LogP contribution in [0.2, 0.25) is 0 Å². The van der Waals surface area contributed by atoms with Crippen LogP contribution in [0, 0.1) is 0 Å². The number of hydrogen-bond donors (Lipinski definition) is 2. The number of rotatable bonds is 7. The summed E-state index contributed by atoms with van der Waals surface area (Å²) >= 11 is 0. The van der Waals surface area contributed by atoms with Gasteiger partial charge in [-0.05, 0) is 36.1 Å². The number of carbonyl (C=O) groups is 2. The van der Waals surface area contributed by atoms with Gasteiger partial charge in [0.25, 0.3) is 11.7 Å². The number of Topliss-reactive ketones (excluding diaryl/α,β-unsaturated/α-hetero) is 1. The Kier molecular flexibility index (Phi) is 6.75. The molecular weight excluding hydrogens is 440 g/mol. The van der Waals surface area contributed by atoms with Crippen LogP contribution in [0.4, 0.5) is 0 Å². The molecule has 0 aliphatic carbocycles. The maximum absolute atomic E-state index is 13.4. The quantitative estimate of drug-likeness (QED) is 0.188. The van der Waals surface area contributed by atoms with E-state index in [0.29, 0.717) is 17.9 Å². The van der Waals surface area contributed by atoms with Crippen molar-refractivity contribution in [3.05, 3.63) is 70.9 Å². The van der Waals surface area contributed by atoms with E-state index in [4.69, 9.17) is 4.74 Å². The van der Waals surface area contributed by atoms with Crippen molar-refractivity contribution in [2.75, 3.05) is 13.7 Å². The Hall–Kier alpha value is -3.54. The van der Waals surface area contributed by atoms with E-state index in [2.05, 4.69) is 32.7 Å². The molecule has 1 fully saturated rings. The summed E-state index contributed by atoms with van der Waals surface area (Å²) in [6.07, 6.45) is 4.59. The minimum absolute atomic E-state index is 0.126. The first-order chi connectivity index (χ1) is 16.7. The van der Waals surface area contributed by atoms with Gasteiger partial charge in [-0.25, -0.2) is 0 Å². The molecule has 6 heteroatoms. The highest BCUT2D eigenvalue weighted by Crippen LogP contribution is 2.43. The lowest BCUT2D eigenvalue weighted by atomic mass is 9.84. The fourth-order valence-electron chi connectivity index (χ4n) is 4.88. The Labute approximate surface area is 206 Å². The number of aromatic amines is 1. The molecule has 184 valence electrons. The summed E-state index contributed by atoms with van der Waals surface area (Å²) in [7, 11) is 1.61. The van der Waals surface area contributed by atoms with E-state index in [-0.39, 0.29) is 16.7 Å². The predicted octanol–water partition coefficient (Wildman–Crippen LogP) is 6.09. The second-order valence-corrected chi connectivity index (χ2v) is 10.2. The molecular formula is C29H34N2O4. The molecule has 0 spiro atoms. The summed E-state index contributed by atoms with van der Waals surface area (Å²) in [6.45, 7) is 8.74. The summed E-state index contributed by atoms with van der Waals surface area (Å²) in [4.78, 5) is 31.5. The van der Waals surface area contributed by atoms with Crippen molar-refractivity contribution in [3.8, 4) is 5.75 Å². The first-order valence-electron chi connectivity index (χ1n) is 12.2. The van der Waals surface area contributed by atoms with Crippen LogP contribution >= 0.6 is 0 Å². The summed E-state index contributed by atoms with van der Waals surface area (Å²) in [5.41, 5.74) is 3.01. The van der Waals surface area contributed by atoms with Gasteiger partial charge >= 0.3 is 0 Å². The molecule has 1 atom stereocenters. The van der Waals surface area contributed by atoms with E-state index in [0.717, 1.165) is 41.3 Å². The fraction of sp³-hybridized carbons (Fsp3) is 0.379. The standard InChI is InChI=1S/C29H34N2O4/c1-6-7-10-15-31-25(20-17-30-22-12-9-8-11-19(20)22)24(27(33)28(31)34)26(32)18-13-14-23(35-5)21(16-18)29(2,3)4/h8-9,11-14,16-17,25,30,32H,6-7,10,15H2,1-5H3/b26-24+. The first kappa shape index (κ1) is 24.6. The minimum atomic E-state index is -0.664. The number of hydrogen-bond acceptors (Lipinski definition) is 4. The second-order valence-electron chi connectivity index (χ2n) is 10.2. The molecule has 1 amide bonds. The van der Waals surface area contributed by atoms with Crippen LogP contribution in [0.25, 0.3) is 16.7 Å². The molecule has 0 radical (unpaired) electrons. The number of aliphatic hydroxyl groups is 1. The van der Waals surface area contributed by atoms with Gasteiger partial charge in [0.2, 0.25) is 0 Å². The summed E-state index contributed by atoms with van der Waals surface area (Å²) in [5, 5.41) is 12.4. The van der Waals surface area contributed by atoms with E-state index in [1.807, 2.05) is 36.5 Å². The zero-order valence-corrected chi connectivity index (χ0v) is 21.1. The number of ether oxygens (including phenoxy) is 1. The van der Waals surface area contributed by atoms with Crippen molar-refractivity contribution < 1.29 is 19.4 Å². The molecule has 2 N–H and O–H groups in total. The summed E-state index contributed by atoms with van der Waals surface area (Å²) in [5.74, 6) is -0.670. The van der Waals surface area contributed by atoms with E-state index in [9.17, 15) is 14.7 Å². The molecule has 1 aromatic heterocycles. The number of amides is 1. The number of carbonyl (C=O) groups excluding carboxylic acids is 2. The highest BCUT2D eigenvalue weighted by Gasteiger charge is 2.46. The number of unbranched alkanes of at least 4 members (excludes halogenated alkanes) is 2. The lowest BCUT2D eigenvalue weighted by Gasteiger charge is -2.25. The Morgan fingerprint density at radius 2 is 1.86 bits per heavy atom. The third kappa shape index (κ3) is 4.45. The van der Waals surface area contributed by atoms with Crippen LogP contribution in [0.5, 0.6) is 5.75 Å². The van der Waals surface area contributed by atoms with Crippen molar-refractivity contribution in [2.24, 2.45) is 0 Å². The lowest BCUT2D eigenvalue weighted by Crippen LogP contribution is -2.30. The maximum Gasteiger partial charge on any atom is 0.295 e. The number of fused-ring (bicyclic) bond motifs is 1. The van der Waals surface area contributed by atoms with Crippen LogP contribution in [-0.2, 0) is 15.0 Å². The van der Waals surface area contributed by atoms with Gasteiger partial charge in [0.1, 0.15) is 11.5 Å². The Bertz CT molecular complexity index is 1300. The molecule has 1 saturated heterocycles. The second kappa shape index (κ2) is 9.61. The molecule has 2 heterocycles. The molecule has 6 nitrogen and oxygen atoms in total. The number of H-pyrrole nitrogens is 1. The lowest BCUT2D eigenvalue weighted by molar-refractivity contribution is -0.139. The Morgan fingerprint density at radius 1 is 1.11 bits per heavy atom. The van der Waals surface area contributed by atoms with Gasteiger partial charge in [-0.2, -0.15) is 0 Å². The topological polar surface area (TPSA) is 82.6 Å². The third-order valence-corrected chi connectivity index (χ3v) is 6.74.